The van der Waals surface area contributed by atoms with Crippen LogP contribution in [0.3, 0.4) is 0 Å². The molecular weight excluding hydrogens is 186 g/mol. The van der Waals surface area contributed by atoms with Crippen molar-refractivity contribution in [3.8, 4) is 0 Å². The molecule has 1 aliphatic heterocycles. The number of morpholine rings is 1. The molecule has 0 aromatic rings. The minimum Gasteiger partial charge on any atom is -0.379 e. The molecule has 1 fully saturated rings. The van der Waals surface area contributed by atoms with Crippen molar-refractivity contribution in [3.63, 3.8) is 0 Å². The van der Waals surface area contributed by atoms with Crippen LogP contribution < -0.4 is 0 Å². The Hall–Kier alpha value is -0.600. The van der Waals surface area contributed by atoms with E-state index in [9.17, 15) is 0 Å². The first-order valence-electron chi connectivity index (χ1n) is 5.90. The highest BCUT2D eigenvalue weighted by atomic mass is 16.5. The molecule has 0 aromatic carbocycles. The summed E-state index contributed by atoms with van der Waals surface area (Å²) in [5.74, 6) is 0.614. The number of allylic oxidation sites excluding steroid dienone is 2. The summed E-state index contributed by atoms with van der Waals surface area (Å²) in [6.07, 6.45) is 7.59. The van der Waals surface area contributed by atoms with Crippen molar-refractivity contribution in [2.75, 3.05) is 32.8 Å². The fourth-order valence-electron chi connectivity index (χ4n) is 1.95. The van der Waals surface area contributed by atoms with Gasteiger partial charge in [0.25, 0.3) is 0 Å². The molecule has 0 aromatic heterocycles. The molecule has 1 saturated heterocycles. The third kappa shape index (κ3) is 5.14. The topological polar surface area (TPSA) is 12.5 Å². The van der Waals surface area contributed by atoms with E-state index in [0.29, 0.717) is 5.92 Å². The molecule has 0 aliphatic carbocycles. The Kier molecular flexibility index (Phi) is 6.37. The van der Waals surface area contributed by atoms with Crippen LogP contribution in [0.4, 0.5) is 0 Å². The van der Waals surface area contributed by atoms with Crippen LogP contribution in [-0.2, 0) is 4.74 Å². The largest absolute Gasteiger partial charge is 0.379 e. The van der Waals surface area contributed by atoms with Crippen molar-refractivity contribution < 1.29 is 4.74 Å². The maximum Gasteiger partial charge on any atom is 0.0594 e. The van der Waals surface area contributed by atoms with Crippen molar-refractivity contribution in [3.05, 3.63) is 25.3 Å². The average Bonchev–Trinajstić information content (AvgIpc) is 2.29. The van der Waals surface area contributed by atoms with E-state index in [1.54, 1.807) is 0 Å². The highest BCUT2D eigenvalue weighted by Crippen LogP contribution is 2.13. The number of hydrogen-bond donors (Lipinski definition) is 0. The van der Waals surface area contributed by atoms with E-state index in [1.807, 2.05) is 6.08 Å². The summed E-state index contributed by atoms with van der Waals surface area (Å²) < 4.78 is 5.32. The molecule has 0 spiro atoms. The van der Waals surface area contributed by atoms with Crippen molar-refractivity contribution in [1.29, 1.82) is 0 Å². The molecule has 1 heterocycles. The third-order valence-electron chi connectivity index (χ3n) is 2.96. The molecule has 0 unspecified atom stereocenters. The maximum absolute atomic E-state index is 5.32. The first kappa shape index (κ1) is 12.5. The highest BCUT2D eigenvalue weighted by molar-refractivity contribution is 4.85. The van der Waals surface area contributed by atoms with Crippen molar-refractivity contribution in [2.24, 2.45) is 5.92 Å². The SMILES string of the molecule is C=CC[C@H](C=C)CCCN1CCOCC1. The summed E-state index contributed by atoms with van der Waals surface area (Å²) in [5, 5.41) is 0. The Morgan fingerprint density at radius 3 is 2.60 bits per heavy atom. The van der Waals surface area contributed by atoms with E-state index in [2.05, 4.69) is 24.1 Å². The quantitative estimate of drug-likeness (QED) is 0.597. The fraction of sp³-hybridized carbons (Fsp3) is 0.692. The second-order valence-electron chi connectivity index (χ2n) is 4.12. The summed E-state index contributed by atoms with van der Waals surface area (Å²) in [4.78, 5) is 2.48. The summed E-state index contributed by atoms with van der Waals surface area (Å²) >= 11 is 0. The monoisotopic (exact) mass is 209 g/mol. The molecule has 86 valence electrons. The highest BCUT2D eigenvalue weighted by Gasteiger charge is 2.10. The molecule has 0 bridgehead atoms. The molecule has 1 atom stereocenters. The molecule has 0 N–H and O–H groups in total. The van der Waals surface area contributed by atoms with Crippen molar-refractivity contribution in [2.45, 2.75) is 19.3 Å². The lowest BCUT2D eigenvalue weighted by Crippen LogP contribution is -2.36. The Morgan fingerprint density at radius 1 is 1.27 bits per heavy atom. The maximum atomic E-state index is 5.32. The van der Waals surface area contributed by atoms with Gasteiger partial charge in [0.05, 0.1) is 13.2 Å². The third-order valence-corrected chi connectivity index (χ3v) is 2.96. The predicted octanol–water partition coefficient (Wildman–Crippen LogP) is 2.48. The molecule has 2 heteroatoms. The fourth-order valence-corrected chi connectivity index (χ4v) is 1.95. The van der Waals surface area contributed by atoms with E-state index < -0.39 is 0 Å². The minimum absolute atomic E-state index is 0.614. The van der Waals surface area contributed by atoms with Gasteiger partial charge in [0.2, 0.25) is 0 Å². The lowest BCUT2D eigenvalue weighted by atomic mass is 9.99. The van der Waals surface area contributed by atoms with Crippen LogP contribution in [-0.4, -0.2) is 37.7 Å². The first-order chi connectivity index (χ1) is 7.36. The first-order valence-corrected chi connectivity index (χ1v) is 5.90. The molecule has 0 radical (unpaired) electrons. The Bertz CT molecular complexity index is 185. The molecule has 0 saturated carbocycles. The van der Waals surface area contributed by atoms with Gasteiger partial charge < -0.3 is 4.74 Å². The number of ether oxygens (including phenoxy) is 1. The molecule has 15 heavy (non-hydrogen) atoms. The van der Waals surface area contributed by atoms with Gasteiger partial charge in [-0.15, -0.1) is 13.2 Å². The lowest BCUT2D eigenvalue weighted by molar-refractivity contribution is 0.0369. The lowest BCUT2D eigenvalue weighted by Gasteiger charge is -2.26. The van der Waals surface area contributed by atoms with Gasteiger partial charge in [-0.3, -0.25) is 4.90 Å². The average molecular weight is 209 g/mol. The molecular formula is C13H23NO. The van der Waals surface area contributed by atoms with Crippen LogP contribution in [0.5, 0.6) is 0 Å². The zero-order chi connectivity index (χ0) is 10.9. The van der Waals surface area contributed by atoms with Gasteiger partial charge in [0.1, 0.15) is 0 Å². The Morgan fingerprint density at radius 2 is 2.00 bits per heavy atom. The number of nitrogens with zero attached hydrogens (tertiary/aromatic N) is 1. The van der Waals surface area contributed by atoms with Gasteiger partial charge in [0, 0.05) is 13.1 Å². The van der Waals surface area contributed by atoms with Gasteiger partial charge in [0.15, 0.2) is 0 Å². The van der Waals surface area contributed by atoms with E-state index in [-0.39, 0.29) is 0 Å². The second kappa shape index (κ2) is 7.66. The summed E-state index contributed by atoms with van der Waals surface area (Å²) in [7, 11) is 0. The van der Waals surface area contributed by atoms with Crippen LogP contribution in [0.1, 0.15) is 19.3 Å². The zero-order valence-electron chi connectivity index (χ0n) is 9.66. The molecule has 1 aliphatic rings. The minimum atomic E-state index is 0.614. The molecule has 1 rings (SSSR count). The summed E-state index contributed by atoms with van der Waals surface area (Å²) in [5.41, 5.74) is 0. The molecule has 0 amide bonds. The van der Waals surface area contributed by atoms with Gasteiger partial charge in [-0.1, -0.05) is 12.2 Å². The van der Waals surface area contributed by atoms with Crippen molar-refractivity contribution >= 4 is 0 Å². The van der Waals surface area contributed by atoms with E-state index in [0.717, 1.165) is 32.7 Å². The van der Waals surface area contributed by atoms with E-state index >= 15 is 0 Å². The van der Waals surface area contributed by atoms with E-state index in [4.69, 9.17) is 4.74 Å². The standard InChI is InChI=1S/C13H23NO/c1-3-6-13(4-2)7-5-8-14-9-11-15-12-10-14/h3-4,13H,1-2,5-12H2/t13-/m0/s1. The number of rotatable bonds is 7. The van der Waals surface area contributed by atoms with Crippen LogP contribution in [0.15, 0.2) is 25.3 Å². The predicted molar refractivity (Wildman–Crippen MR) is 65.0 cm³/mol. The van der Waals surface area contributed by atoms with Crippen LogP contribution in [0, 0.1) is 5.92 Å². The number of hydrogen-bond acceptors (Lipinski definition) is 2. The second-order valence-corrected chi connectivity index (χ2v) is 4.12. The van der Waals surface area contributed by atoms with Crippen LogP contribution >= 0.6 is 0 Å². The van der Waals surface area contributed by atoms with Crippen molar-refractivity contribution in [1.82, 2.24) is 4.90 Å². The summed E-state index contributed by atoms with van der Waals surface area (Å²) in [6, 6.07) is 0. The molecule has 2 nitrogen and oxygen atoms in total. The van der Waals surface area contributed by atoms with E-state index in [1.165, 1.54) is 19.4 Å². The van der Waals surface area contributed by atoms with Gasteiger partial charge in [-0.05, 0) is 31.7 Å². The van der Waals surface area contributed by atoms with Crippen LogP contribution in [0.25, 0.3) is 0 Å². The smallest absolute Gasteiger partial charge is 0.0594 e. The Balaban J connectivity index is 2.07. The summed E-state index contributed by atoms with van der Waals surface area (Å²) in [6.45, 7) is 12.8. The van der Waals surface area contributed by atoms with Gasteiger partial charge >= 0.3 is 0 Å². The normalized spacial score (nSPS) is 19.7. The zero-order valence-corrected chi connectivity index (χ0v) is 9.66. The van der Waals surface area contributed by atoms with Gasteiger partial charge in [-0.25, -0.2) is 0 Å². The Labute approximate surface area is 93.6 Å². The van der Waals surface area contributed by atoms with Gasteiger partial charge in [-0.2, -0.15) is 0 Å². The van der Waals surface area contributed by atoms with Crippen LogP contribution in [0.2, 0.25) is 0 Å².